The molecule has 7 nitrogen and oxygen atoms in total. The van der Waals surface area contributed by atoms with Crippen LogP contribution in [0.2, 0.25) is 0 Å². The summed E-state index contributed by atoms with van der Waals surface area (Å²) in [7, 11) is 0. The van der Waals surface area contributed by atoms with Crippen molar-refractivity contribution in [2.75, 3.05) is 39.5 Å². The number of piperidine rings is 1. The number of fused-ring (bicyclic) bond motifs is 1. The van der Waals surface area contributed by atoms with Crippen LogP contribution in [0.25, 0.3) is 0 Å². The van der Waals surface area contributed by atoms with Crippen molar-refractivity contribution in [2.24, 2.45) is 11.8 Å². The van der Waals surface area contributed by atoms with Gasteiger partial charge in [0.05, 0.1) is 31.7 Å². The summed E-state index contributed by atoms with van der Waals surface area (Å²) < 4.78 is 16.4. The van der Waals surface area contributed by atoms with Crippen LogP contribution in [0.4, 0.5) is 0 Å². The number of quaternary nitrogens is 1. The van der Waals surface area contributed by atoms with E-state index in [1.807, 2.05) is 25.1 Å². The van der Waals surface area contributed by atoms with Crippen molar-refractivity contribution in [3.63, 3.8) is 0 Å². The van der Waals surface area contributed by atoms with Gasteiger partial charge in [0.2, 0.25) is 0 Å². The Morgan fingerprint density at radius 3 is 2.52 bits per heavy atom. The summed E-state index contributed by atoms with van der Waals surface area (Å²) in [6.07, 6.45) is 1.55. The van der Waals surface area contributed by atoms with E-state index in [9.17, 15) is 9.59 Å². The van der Waals surface area contributed by atoms with Crippen molar-refractivity contribution in [3.05, 3.63) is 23.8 Å². The number of nitrogens with one attached hydrogen (secondary N) is 2. The molecule has 29 heavy (non-hydrogen) atoms. The average Bonchev–Trinajstić information content (AvgIpc) is 2.72. The van der Waals surface area contributed by atoms with Crippen molar-refractivity contribution in [3.8, 4) is 11.5 Å². The van der Waals surface area contributed by atoms with Gasteiger partial charge in [-0.1, -0.05) is 19.9 Å². The molecule has 1 aromatic rings. The number of hydrogen-bond acceptors (Lipinski definition) is 5. The normalized spacial score (nSPS) is 22.1. The van der Waals surface area contributed by atoms with Gasteiger partial charge in [-0.3, -0.25) is 9.59 Å². The molecule has 160 valence electrons. The SMILES string of the molecule is CCOC(=O)C1CC[NH+](CC(=O)N[C@H](c2ccc3c(c2)OCCO3)C(C)C)CC1. The van der Waals surface area contributed by atoms with Crippen LogP contribution in [0.15, 0.2) is 18.2 Å². The second kappa shape index (κ2) is 9.96. The number of ether oxygens (including phenoxy) is 3. The van der Waals surface area contributed by atoms with Crippen LogP contribution in [0.5, 0.6) is 11.5 Å². The van der Waals surface area contributed by atoms with Crippen LogP contribution in [-0.4, -0.2) is 51.3 Å². The second-order valence-corrected chi connectivity index (χ2v) is 8.15. The molecule has 2 N–H and O–H groups in total. The maximum absolute atomic E-state index is 12.7. The average molecular weight is 406 g/mol. The molecule has 0 saturated carbocycles. The summed E-state index contributed by atoms with van der Waals surface area (Å²) in [5.74, 6) is 1.63. The number of amides is 1. The highest BCUT2D eigenvalue weighted by Crippen LogP contribution is 2.34. The molecule has 0 unspecified atom stereocenters. The Hall–Kier alpha value is -2.28. The van der Waals surface area contributed by atoms with E-state index in [1.165, 1.54) is 4.90 Å². The Bertz CT molecular complexity index is 713. The molecule has 2 heterocycles. The van der Waals surface area contributed by atoms with E-state index in [0.717, 1.165) is 43.0 Å². The quantitative estimate of drug-likeness (QED) is 0.665. The molecular formula is C22H33N2O5+. The maximum atomic E-state index is 12.7. The number of esters is 1. The molecule has 0 spiro atoms. The van der Waals surface area contributed by atoms with Gasteiger partial charge in [0.15, 0.2) is 18.0 Å². The second-order valence-electron chi connectivity index (χ2n) is 8.15. The first-order chi connectivity index (χ1) is 14.0. The smallest absolute Gasteiger partial charge is 0.309 e. The molecule has 1 atom stereocenters. The molecule has 1 amide bonds. The zero-order chi connectivity index (χ0) is 20.8. The first kappa shape index (κ1) is 21.4. The summed E-state index contributed by atoms with van der Waals surface area (Å²) in [4.78, 5) is 25.8. The Morgan fingerprint density at radius 1 is 1.17 bits per heavy atom. The minimum atomic E-state index is -0.102. The van der Waals surface area contributed by atoms with Crippen molar-refractivity contribution in [1.82, 2.24) is 5.32 Å². The molecule has 0 radical (unpaired) electrons. The van der Waals surface area contributed by atoms with Crippen molar-refractivity contribution in [1.29, 1.82) is 0 Å². The highest BCUT2D eigenvalue weighted by atomic mass is 16.6. The van der Waals surface area contributed by atoms with Gasteiger partial charge in [0.25, 0.3) is 5.91 Å². The lowest BCUT2D eigenvalue weighted by molar-refractivity contribution is -0.897. The van der Waals surface area contributed by atoms with Crippen LogP contribution >= 0.6 is 0 Å². The fraction of sp³-hybridized carbons (Fsp3) is 0.636. The minimum Gasteiger partial charge on any atom is -0.486 e. The summed E-state index contributed by atoms with van der Waals surface area (Å²) in [6.45, 7) is 9.59. The first-order valence-corrected chi connectivity index (χ1v) is 10.7. The predicted octanol–water partition coefficient (Wildman–Crippen LogP) is 1.13. The number of carbonyl (C=O) groups excluding carboxylic acids is 2. The van der Waals surface area contributed by atoms with E-state index >= 15 is 0 Å². The number of likely N-dealkylation sites (tertiary alicyclic amines) is 1. The third-order valence-corrected chi connectivity index (χ3v) is 5.63. The Morgan fingerprint density at radius 2 is 1.86 bits per heavy atom. The fourth-order valence-corrected chi connectivity index (χ4v) is 4.04. The standard InChI is InChI=1S/C22H32N2O5/c1-4-27-22(26)16-7-9-24(10-8-16)14-20(25)23-21(15(2)3)17-5-6-18-19(13-17)29-12-11-28-18/h5-6,13,15-16,21H,4,7-12,14H2,1-3H3,(H,23,25)/p+1/t21-/m0/s1. The molecule has 1 fully saturated rings. The largest absolute Gasteiger partial charge is 0.486 e. The van der Waals surface area contributed by atoms with Crippen molar-refractivity contribution >= 4 is 11.9 Å². The van der Waals surface area contributed by atoms with Crippen LogP contribution in [0.1, 0.15) is 45.2 Å². The third-order valence-electron chi connectivity index (χ3n) is 5.63. The lowest BCUT2D eigenvalue weighted by Gasteiger charge is -2.29. The van der Waals surface area contributed by atoms with E-state index in [0.29, 0.717) is 26.4 Å². The zero-order valence-electron chi connectivity index (χ0n) is 17.7. The van der Waals surface area contributed by atoms with Gasteiger partial charge in [-0.15, -0.1) is 0 Å². The van der Waals surface area contributed by atoms with Gasteiger partial charge in [-0.05, 0) is 30.5 Å². The van der Waals surface area contributed by atoms with E-state index in [1.54, 1.807) is 0 Å². The molecule has 1 saturated heterocycles. The summed E-state index contributed by atoms with van der Waals surface area (Å²) in [6, 6.07) is 5.79. The molecule has 2 aliphatic heterocycles. The zero-order valence-corrected chi connectivity index (χ0v) is 17.7. The van der Waals surface area contributed by atoms with E-state index in [4.69, 9.17) is 14.2 Å². The van der Waals surface area contributed by atoms with Crippen LogP contribution in [0, 0.1) is 11.8 Å². The lowest BCUT2D eigenvalue weighted by atomic mass is 9.95. The summed E-state index contributed by atoms with van der Waals surface area (Å²) in [5, 5.41) is 3.19. The van der Waals surface area contributed by atoms with Crippen LogP contribution in [0.3, 0.4) is 0 Å². The number of rotatable bonds is 7. The molecule has 1 aromatic carbocycles. The predicted molar refractivity (Wildman–Crippen MR) is 108 cm³/mol. The lowest BCUT2D eigenvalue weighted by Crippen LogP contribution is -3.14. The van der Waals surface area contributed by atoms with Crippen molar-refractivity contribution in [2.45, 2.75) is 39.7 Å². The first-order valence-electron chi connectivity index (χ1n) is 10.7. The number of hydrogen-bond donors (Lipinski definition) is 2. The molecule has 2 aliphatic rings. The Kier molecular flexibility index (Phi) is 7.36. The number of carbonyl (C=O) groups is 2. The third kappa shape index (κ3) is 5.63. The van der Waals surface area contributed by atoms with Gasteiger partial charge < -0.3 is 24.4 Å². The van der Waals surface area contributed by atoms with Gasteiger partial charge in [0, 0.05) is 12.8 Å². The Labute approximate surface area is 172 Å². The van der Waals surface area contributed by atoms with Gasteiger partial charge >= 0.3 is 5.97 Å². The molecule has 7 heteroatoms. The van der Waals surface area contributed by atoms with Gasteiger partial charge in [-0.2, -0.15) is 0 Å². The van der Waals surface area contributed by atoms with Gasteiger partial charge in [0.1, 0.15) is 13.2 Å². The molecule has 0 aliphatic carbocycles. The van der Waals surface area contributed by atoms with E-state index in [2.05, 4.69) is 19.2 Å². The summed E-state index contributed by atoms with van der Waals surface area (Å²) in [5.41, 5.74) is 1.02. The fourth-order valence-electron chi connectivity index (χ4n) is 4.04. The monoisotopic (exact) mass is 405 g/mol. The summed E-state index contributed by atoms with van der Waals surface area (Å²) >= 11 is 0. The molecule has 0 bridgehead atoms. The van der Waals surface area contributed by atoms with E-state index in [-0.39, 0.29) is 29.8 Å². The maximum Gasteiger partial charge on any atom is 0.309 e. The minimum absolute atomic E-state index is 0.0251. The Balaban J connectivity index is 1.55. The van der Waals surface area contributed by atoms with Crippen LogP contribution in [-0.2, 0) is 14.3 Å². The molecule has 3 rings (SSSR count). The highest BCUT2D eigenvalue weighted by molar-refractivity contribution is 5.77. The molecule has 0 aromatic heterocycles. The van der Waals surface area contributed by atoms with Crippen molar-refractivity contribution < 1.29 is 28.7 Å². The molecular weight excluding hydrogens is 372 g/mol. The highest BCUT2D eigenvalue weighted by Gasteiger charge is 2.30. The topological polar surface area (TPSA) is 78.3 Å². The van der Waals surface area contributed by atoms with Gasteiger partial charge in [-0.25, -0.2) is 0 Å². The number of benzene rings is 1. The van der Waals surface area contributed by atoms with E-state index < -0.39 is 0 Å². The van der Waals surface area contributed by atoms with Crippen LogP contribution < -0.4 is 19.7 Å².